The van der Waals surface area contributed by atoms with E-state index in [2.05, 4.69) is 4.52 Å². The van der Waals surface area contributed by atoms with Crippen molar-refractivity contribution in [3.05, 3.63) is 32.9 Å². The van der Waals surface area contributed by atoms with Gasteiger partial charge in [0.2, 0.25) is 13.6 Å². The molecule has 0 amide bonds. The minimum absolute atomic E-state index is 0. The molecule has 1 unspecified atom stereocenters. The Morgan fingerprint density at radius 2 is 2.18 bits per heavy atom. The molecule has 5 atom stereocenters. The molecule has 1 fully saturated rings. The summed E-state index contributed by atoms with van der Waals surface area (Å²) in [6.07, 6.45) is -3.24. The van der Waals surface area contributed by atoms with Gasteiger partial charge in [-0.25, -0.2) is 9.88 Å². The van der Waals surface area contributed by atoms with E-state index in [1.54, 1.807) is 10.1 Å². The molecule has 2 heterocycles. The Kier molecular flexibility index (Phi) is 9.29. The van der Waals surface area contributed by atoms with E-state index in [1.807, 2.05) is 0 Å². The largest absolute Gasteiger partial charge is 0.766 e. The Balaban J connectivity index is 0.00000364. The van der Waals surface area contributed by atoms with Crippen LogP contribution in [0.4, 0.5) is 4.39 Å². The number of ether oxygens (including phenoxy) is 1. The van der Waals surface area contributed by atoms with Crippen molar-refractivity contribution in [2.75, 3.05) is 6.61 Å². The first-order valence-electron chi connectivity index (χ1n) is 7.29. The van der Waals surface area contributed by atoms with E-state index in [9.17, 15) is 38.4 Å². The highest BCUT2D eigenvalue weighted by Crippen LogP contribution is 2.35. The van der Waals surface area contributed by atoms with E-state index in [-0.39, 0.29) is 18.7 Å². The van der Waals surface area contributed by atoms with Crippen molar-refractivity contribution in [3.8, 4) is 0 Å². The standard InChI is InChI=1S/C12H17FN3O9P.2H3N/c1-5(11(19)20)15-26(22,23)24-4-8-7(17)2-9(25-8)16-3-6(13)10(18)14-12(16)21;;/h3,5,7-9,17H,2,4H2,1H3,(H,19,20)(H,14,18,21)(H2,15,22,23);2*1H3/t5-,7-,8+,9+;;/m0../s1. The maximum atomic E-state index is 13.3. The molecule has 0 radical (unpaired) electrons. The molecule has 0 spiro atoms. The van der Waals surface area contributed by atoms with Gasteiger partial charge >= 0.3 is 5.69 Å². The van der Waals surface area contributed by atoms with Crippen LogP contribution in [0, 0.1) is 5.82 Å². The first-order valence-corrected chi connectivity index (χ1v) is 8.83. The monoisotopic (exact) mass is 431 g/mol. The van der Waals surface area contributed by atoms with Gasteiger partial charge < -0.3 is 41.5 Å². The highest BCUT2D eigenvalue weighted by Gasteiger charge is 2.36. The van der Waals surface area contributed by atoms with Gasteiger partial charge in [0.1, 0.15) is 12.3 Å². The van der Waals surface area contributed by atoms with E-state index in [4.69, 9.17) is 4.74 Å². The number of aromatic amines is 1. The fourth-order valence-electron chi connectivity index (χ4n) is 2.21. The molecule has 1 aliphatic rings. The zero-order valence-electron chi connectivity index (χ0n) is 15.3. The van der Waals surface area contributed by atoms with E-state index in [0.717, 1.165) is 6.92 Å². The van der Waals surface area contributed by atoms with Crippen LogP contribution in [0.3, 0.4) is 0 Å². The number of aromatic nitrogens is 2. The van der Waals surface area contributed by atoms with Crippen LogP contribution in [0.15, 0.2) is 15.8 Å². The van der Waals surface area contributed by atoms with Crippen LogP contribution in [0.1, 0.15) is 19.6 Å². The van der Waals surface area contributed by atoms with Crippen LogP contribution in [0.25, 0.3) is 0 Å². The number of aliphatic hydroxyl groups is 1. The lowest BCUT2D eigenvalue weighted by atomic mass is 10.2. The minimum Gasteiger partial charge on any atom is -0.766 e. The van der Waals surface area contributed by atoms with Gasteiger partial charge in [-0.15, -0.1) is 0 Å². The van der Waals surface area contributed by atoms with Crippen molar-refractivity contribution in [2.24, 2.45) is 0 Å². The summed E-state index contributed by atoms with van der Waals surface area (Å²) in [4.78, 5) is 46.6. The zero-order chi connectivity index (χ0) is 19.6. The van der Waals surface area contributed by atoms with Gasteiger partial charge in [0, 0.05) is 6.42 Å². The average molecular weight is 431 g/mol. The van der Waals surface area contributed by atoms with Crippen molar-refractivity contribution in [1.29, 1.82) is 0 Å². The molecule has 0 aliphatic carbocycles. The summed E-state index contributed by atoms with van der Waals surface area (Å²) in [5.41, 5.74) is -2.20. The summed E-state index contributed by atoms with van der Waals surface area (Å²) < 4.78 is 35.5. The molecule has 0 aromatic carbocycles. The van der Waals surface area contributed by atoms with Crippen LogP contribution >= 0.6 is 7.75 Å². The van der Waals surface area contributed by atoms with Gasteiger partial charge in [-0.05, 0) is 6.92 Å². The van der Waals surface area contributed by atoms with Gasteiger partial charge in [0.25, 0.3) is 5.56 Å². The molecule has 16 heteroatoms. The number of carbonyl (C=O) groups excluding carboxylic acids is 1. The van der Waals surface area contributed by atoms with E-state index >= 15 is 0 Å². The van der Waals surface area contributed by atoms with Crippen LogP contribution < -0.4 is 38.6 Å². The number of aliphatic hydroxyl groups excluding tert-OH is 1. The third kappa shape index (κ3) is 6.29. The number of carboxylic acid groups (broad SMARTS) is 1. The first-order chi connectivity index (χ1) is 12.0. The maximum absolute atomic E-state index is 13.3. The second kappa shape index (κ2) is 9.99. The highest BCUT2D eigenvalue weighted by atomic mass is 31.2. The highest BCUT2D eigenvalue weighted by molar-refractivity contribution is 7.49. The normalized spacial score (nSPS) is 24.5. The molecule has 0 saturated carbocycles. The van der Waals surface area contributed by atoms with E-state index in [0.29, 0.717) is 10.8 Å². The SMILES string of the molecule is C[C@H](NP(=O)([O-])OC[C@H]1O[C@@H](n2cc(F)c(=O)[nH]c2=O)C[C@@H]1O)C(=O)[O-].[NH4+].[NH4+]. The number of H-pyrrole nitrogens is 1. The smallest absolute Gasteiger partial charge is 0.330 e. The Morgan fingerprint density at radius 1 is 1.57 bits per heavy atom. The van der Waals surface area contributed by atoms with Gasteiger partial charge in [-0.1, -0.05) is 0 Å². The van der Waals surface area contributed by atoms with Crippen molar-refractivity contribution < 1.29 is 38.1 Å². The Bertz CT molecular complexity index is 846. The molecule has 2 rings (SSSR count). The number of aliphatic carboxylic acids is 1. The number of halogens is 1. The van der Waals surface area contributed by atoms with Crippen LogP contribution in [0.5, 0.6) is 0 Å². The fourth-order valence-corrected chi connectivity index (χ4v) is 3.21. The van der Waals surface area contributed by atoms with Crippen LogP contribution in [-0.2, 0) is 18.6 Å². The maximum Gasteiger partial charge on any atom is 0.330 e. The molecule has 1 aromatic heterocycles. The zero-order valence-corrected chi connectivity index (χ0v) is 16.2. The summed E-state index contributed by atoms with van der Waals surface area (Å²) in [5, 5.41) is 22.1. The van der Waals surface area contributed by atoms with Gasteiger partial charge in [0.15, 0.2) is 0 Å². The van der Waals surface area contributed by atoms with Crippen molar-refractivity contribution in [3.63, 3.8) is 0 Å². The number of hydrogen-bond donors (Lipinski definition) is 5. The third-order valence-corrected chi connectivity index (χ3v) is 4.75. The summed E-state index contributed by atoms with van der Waals surface area (Å²) in [6.45, 7) is 0.336. The number of quaternary nitrogens is 2. The fraction of sp³-hybridized carbons (Fsp3) is 0.583. The molecule has 11 N–H and O–H groups in total. The number of nitrogens with zero attached hydrogens (tertiary/aromatic N) is 1. The lowest BCUT2D eigenvalue weighted by Crippen LogP contribution is -2.44. The number of rotatable bonds is 7. The number of hydrogen-bond acceptors (Lipinski definition) is 9. The second-order valence-electron chi connectivity index (χ2n) is 5.54. The summed E-state index contributed by atoms with van der Waals surface area (Å²) in [5.74, 6) is -2.91. The summed E-state index contributed by atoms with van der Waals surface area (Å²) in [7, 11) is -4.79. The number of carbonyl (C=O) groups is 1. The van der Waals surface area contributed by atoms with Crippen LogP contribution in [0.2, 0.25) is 0 Å². The van der Waals surface area contributed by atoms with Gasteiger partial charge in [-0.3, -0.25) is 18.9 Å². The van der Waals surface area contributed by atoms with Gasteiger partial charge in [-0.2, -0.15) is 4.39 Å². The first kappa shape index (κ1) is 26.0. The second-order valence-corrected chi connectivity index (χ2v) is 7.05. The summed E-state index contributed by atoms with van der Waals surface area (Å²) >= 11 is 0. The Hall–Kier alpha value is -1.97. The molecular weight excluding hydrogens is 408 g/mol. The molecule has 28 heavy (non-hydrogen) atoms. The number of carboxylic acids is 1. The van der Waals surface area contributed by atoms with Gasteiger partial charge in [0.05, 0.1) is 30.9 Å². The van der Waals surface area contributed by atoms with E-state index in [1.165, 1.54) is 0 Å². The third-order valence-electron chi connectivity index (χ3n) is 3.55. The predicted octanol–water partition coefficient (Wildman–Crippen LogP) is -2.71. The topological polar surface area (TPSA) is 259 Å². The minimum atomic E-state index is -4.79. The van der Waals surface area contributed by atoms with E-state index < -0.39 is 61.9 Å². The molecule has 0 bridgehead atoms. The quantitative estimate of drug-likeness (QED) is 0.279. The van der Waals surface area contributed by atoms with Crippen molar-refractivity contribution >= 4 is 13.7 Å². The molecular formula is C12H23FN5O9P. The predicted molar refractivity (Wildman–Crippen MR) is 88.9 cm³/mol. The number of nitrogens with one attached hydrogen (secondary N) is 2. The Morgan fingerprint density at radius 3 is 2.75 bits per heavy atom. The molecule has 162 valence electrons. The average Bonchev–Trinajstić information content (AvgIpc) is 2.89. The lowest BCUT2D eigenvalue weighted by molar-refractivity contribution is -0.308. The van der Waals surface area contributed by atoms with Crippen molar-refractivity contribution in [2.45, 2.75) is 37.8 Å². The molecule has 1 aliphatic heterocycles. The Labute approximate surface area is 157 Å². The lowest BCUT2D eigenvalue weighted by Gasteiger charge is -2.29. The molecule has 14 nitrogen and oxygen atoms in total. The van der Waals surface area contributed by atoms with Crippen LogP contribution in [-0.4, -0.2) is 45.5 Å². The molecule has 1 aromatic rings. The molecule has 1 saturated heterocycles. The van der Waals surface area contributed by atoms with Crippen molar-refractivity contribution in [1.82, 2.24) is 26.9 Å². The summed E-state index contributed by atoms with van der Waals surface area (Å²) in [6, 6.07) is -1.54.